The molecule has 0 fully saturated rings. The van der Waals surface area contributed by atoms with Gasteiger partial charge in [0.25, 0.3) is 0 Å². The molecule has 1 atom stereocenters. The van der Waals surface area contributed by atoms with Crippen LogP contribution >= 0.6 is 27.5 Å². The molecule has 0 bridgehead atoms. The van der Waals surface area contributed by atoms with Gasteiger partial charge in [-0.3, -0.25) is 4.79 Å². The zero-order valence-corrected chi connectivity index (χ0v) is 13.4. The molecule has 0 heterocycles. The molecule has 4 heteroatoms. The first-order valence-electron chi connectivity index (χ1n) is 6.42. The zero-order valence-electron chi connectivity index (χ0n) is 11.1. The van der Waals surface area contributed by atoms with E-state index in [1.807, 2.05) is 43.3 Å². The summed E-state index contributed by atoms with van der Waals surface area (Å²) in [6, 6.07) is 15.2. The summed E-state index contributed by atoms with van der Waals surface area (Å²) in [5.41, 5.74) is 1.65. The van der Waals surface area contributed by atoms with Crippen LogP contribution in [0, 0.1) is 0 Å². The van der Waals surface area contributed by atoms with Gasteiger partial charge in [-0.25, -0.2) is 0 Å². The largest absolute Gasteiger partial charge is 0.324 e. The highest BCUT2D eigenvalue weighted by molar-refractivity contribution is 9.10. The van der Waals surface area contributed by atoms with E-state index < -0.39 is 0 Å². The van der Waals surface area contributed by atoms with Crippen LogP contribution < -0.4 is 5.32 Å². The van der Waals surface area contributed by atoms with E-state index in [0.717, 1.165) is 16.5 Å². The number of rotatable bonds is 4. The highest BCUT2D eigenvalue weighted by Crippen LogP contribution is 2.28. The summed E-state index contributed by atoms with van der Waals surface area (Å²) in [5, 5.41) is 3.42. The lowest BCUT2D eigenvalue weighted by molar-refractivity contribution is -0.117. The molecule has 2 rings (SSSR count). The van der Waals surface area contributed by atoms with Gasteiger partial charge in [0.1, 0.15) is 0 Å². The molecule has 0 saturated heterocycles. The van der Waals surface area contributed by atoms with Gasteiger partial charge in [-0.1, -0.05) is 64.8 Å². The van der Waals surface area contributed by atoms with Crippen molar-refractivity contribution in [1.82, 2.24) is 0 Å². The SMILES string of the molecule is CC[C@@H](C(=O)Nc1ccc(Br)cc1Cl)c1ccccc1. The Hall–Kier alpha value is -1.32. The van der Waals surface area contributed by atoms with Crippen molar-refractivity contribution in [3.63, 3.8) is 0 Å². The van der Waals surface area contributed by atoms with E-state index >= 15 is 0 Å². The predicted octanol–water partition coefficient (Wildman–Crippen LogP) is 5.23. The molecule has 0 saturated carbocycles. The van der Waals surface area contributed by atoms with E-state index in [-0.39, 0.29) is 11.8 Å². The third-order valence-corrected chi connectivity index (χ3v) is 3.92. The van der Waals surface area contributed by atoms with Crippen LogP contribution in [-0.2, 0) is 4.79 Å². The van der Waals surface area contributed by atoms with Gasteiger partial charge in [-0.05, 0) is 30.2 Å². The first kappa shape index (κ1) is 15.1. The van der Waals surface area contributed by atoms with Crippen LogP contribution in [0.3, 0.4) is 0 Å². The first-order chi connectivity index (χ1) is 9.61. The normalized spacial score (nSPS) is 11.9. The maximum atomic E-state index is 12.4. The number of nitrogens with one attached hydrogen (secondary N) is 1. The molecule has 0 aliphatic heterocycles. The number of hydrogen-bond donors (Lipinski definition) is 1. The fourth-order valence-electron chi connectivity index (χ4n) is 2.07. The second-order valence-corrected chi connectivity index (χ2v) is 5.81. The summed E-state index contributed by atoms with van der Waals surface area (Å²) in [4.78, 5) is 12.4. The third-order valence-electron chi connectivity index (χ3n) is 3.12. The van der Waals surface area contributed by atoms with Crippen LogP contribution in [0.2, 0.25) is 5.02 Å². The highest BCUT2D eigenvalue weighted by Gasteiger charge is 2.19. The van der Waals surface area contributed by atoms with Gasteiger partial charge in [0.05, 0.1) is 16.6 Å². The van der Waals surface area contributed by atoms with Gasteiger partial charge in [0.2, 0.25) is 5.91 Å². The predicted molar refractivity (Wildman–Crippen MR) is 87.3 cm³/mol. The molecule has 2 aromatic carbocycles. The summed E-state index contributed by atoms with van der Waals surface area (Å²) in [6.07, 6.45) is 0.740. The van der Waals surface area contributed by atoms with Gasteiger partial charge in [0, 0.05) is 4.47 Å². The average Bonchev–Trinajstić information content (AvgIpc) is 2.44. The summed E-state index contributed by atoms with van der Waals surface area (Å²) in [7, 11) is 0. The Morgan fingerprint density at radius 1 is 1.25 bits per heavy atom. The Balaban J connectivity index is 2.18. The number of hydrogen-bond acceptors (Lipinski definition) is 1. The second kappa shape index (κ2) is 6.91. The van der Waals surface area contributed by atoms with E-state index in [2.05, 4.69) is 21.2 Å². The standard InChI is InChI=1S/C16H15BrClNO/c1-2-13(11-6-4-3-5-7-11)16(20)19-15-9-8-12(17)10-14(15)18/h3-10,13H,2H2,1H3,(H,19,20)/t13-/m1/s1. The minimum atomic E-state index is -0.170. The lowest BCUT2D eigenvalue weighted by atomic mass is 9.95. The lowest BCUT2D eigenvalue weighted by Crippen LogP contribution is -2.20. The molecule has 0 aromatic heterocycles. The Morgan fingerprint density at radius 3 is 2.55 bits per heavy atom. The highest BCUT2D eigenvalue weighted by atomic mass is 79.9. The van der Waals surface area contributed by atoms with Gasteiger partial charge in [-0.2, -0.15) is 0 Å². The summed E-state index contributed by atoms with van der Waals surface area (Å²) >= 11 is 9.47. The van der Waals surface area contributed by atoms with Crippen LogP contribution in [0.25, 0.3) is 0 Å². The Kier molecular flexibility index (Phi) is 5.21. The number of carbonyl (C=O) groups excluding carboxylic acids is 1. The molecule has 0 unspecified atom stereocenters. The van der Waals surface area contributed by atoms with Gasteiger partial charge >= 0.3 is 0 Å². The van der Waals surface area contributed by atoms with E-state index in [1.54, 1.807) is 12.1 Å². The quantitative estimate of drug-likeness (QED) is 0.801. The number of anilines is 1. The van der Waals surface area contributed by atoms with Crippen molar-refractivity contribution in [2.24, 2.45) is 0 Å². The number of benzene rings is 2. The third kappa shape index (κ3) is 3.62. The number of halogens is 2. The van der Waals surface area contributed by atoms with Gasteiger partial charge in [0.15, 0.2) is 0 Å². The van der Waals surface area contributed by atoms with Crippen molar-refractivity contribution in [2.45, 2.75) is 19.3 Å². The Morgan fingerprint density at radius 2 is 1.95 bits per heavy atom. The van der Waals surface area contributed by atoms with Gasteiger partial charge < -0.3 is 5.32 Å². The Labute approximate surface area is 132 Å². The van der Waals surface area contributed by atoms with E-state index in [4.69, 9.17) is 11.6 Å². The molecule has 0 spiro atoms. The molecule has 0 aliphatic carbocycles. The van der Waals surface area contributed by atoms with E-state index in [1.165, 1.54) is 0 Å². The lowest BCUT2D eigenvalue weighted by Gasteiger charge is -2.16. The van der Waals surface area contributed by atoms with Crippen molar-refractivity contribution in [1.29, 1.82) is 0 Å². The average molecular weight is 353 g/mol. The molecule has 104 valence electrons. The van der Waals surface area contributed by atoms with Crippen LogP contribution in [-0.4, -0.2) is 5.91 Å². The fraction of sp³-hybridized carbons (Fsp3) is 0.188. The maximum Gasteiger partial charge on any atom is 0.231 e. The molecular weight excluding hydrogens is 338 g/mol. The number of carbonyl (C=O) groups is 1. The van der Waals surface area contributed by atoms with Crippen molar-refractivity contribution >= 4 is 39.1 Å². The maximum absolute atomic E-state index is 12.4. The molecule has 1 N–H and O–H groups in total. The van der Waals surface area contributed by atoms with Crippen LogP contribution in [0.1, 0.15) is 24.8 Å². The van der Waals surface area contributed by atoms with Crippen molar-refractivity contribution in [3.8, 4) is 0 Å². The van der Waals surface area contributed by atoms with Crippen LogP contribution in [0.4, 0.5) is 5.69 Å². The molecular formula is C16H15BrClNO. The van der Waals surface area contributed by atoms with Gasteiger partial charge in [-0.15, -0.1) is 0 Å². The minimum Gasteiger partial charge on any atom is -0.324 e. The van der Waals surface area contributed by atoms with Crippen molar-refractivity contribution in [2.75, 3.05) is 5.32 Å². The molecule has 20 heavy (non-hydrogen) atoms. The summed E-state index contributed by atoms with van der Waals surface area (Å²) in [5.74, 6) is -0.209. The number of amides is 1. The monoisotopic (exact) mass is 351 g/mol. The molecule has 2 aromatic rings. The zero-order chi connectivity index (χ0) is 14.5. The topological polar surface area (TPSA) is 29.1 Å². The fourth-order valence-corrected chi connectivity index (χ4v) is 2.79. The first-order valence-corrected chi connectivity index (χ1v) is 7.59. The smallest absolute Gasteiger partial charge is 0.231 e. The van der Waals surface area contributed by atoms with Crippen LogP contribution in [0.15, 0.2) is 53.0 Å². The summed E-state index contributed by atoms with van der Waals surface area (Å²) < 4.78 is 0.885. The molecule has 0 aliphatic rings. The van der Waals surface area contributed by atoms with Crippen molar-refractivity contribution < 1.29 is 4.79 Å². The van der Waals surface area contributed by atoms with Crippen LogP contribution in [0.5, 0.6) is 0 Å². The minimum absolute atomic E-state index is 0.0390. The van der Waals surface area contributed by atoms with Crippen molar-refractivity contribution in [3.05, 3.63) is 63.6 Å². The Bertz CT molecular complexity index is 601. The molecule has 2 nitrogen and oxygen atoms in total. The summed E-state index contributed by atoms with van der Waals surface area (Å²) in [6.45, 7) is 2.00. The molecule has 0 radical (unpaired) electrons. The van der Waals surface area contributed by atoms with E-state index in [0.29, 0.717) is 10.7 Å². The molecule has 1 amide bonds. The second-order valence-electron chi connectivity index (χ2n) is 4.48. The van der Waals surface area contributed by atoms with E-state index in [9.17, 15) is 4.79 Å².